The lowest BCUT2D eigenvalue weighted by molar-refractivity contribution is 0.0781. The highest BCUT2D eigenvalue weighted by Gasteiger charge is 2.34. The fourth-order valence-electron chi connectivity index (χ4n) is 5.97. The maximum Gasteiger partial charge on any atom is 0.270 e. The van der Waals surface area contributed by atoms with Gasteiger partial charge in [-0.3, -0.25) is 13.9 Å². The highest BCUT2D eigenvalue weighted by Crippen LogP contribution is 2.42. The Hall–Kier alpha value is -4.71. The lowest BCUT2D eigenvalue weighted by atomic mass is 9.93. The Morgan fingerprint density at radius 3 is 2.40 bits per heavy atom. The van der Waals surface area contributed by atoms with E-state index in [0.29, 0.717) is 51.8 Å². The van der Waals surface area contributed by atoms with Gasteiger partial charge in [0, 0.05) is 62.6 Å². The summed E-state index contributed by atoms with van der Waals surface area (Å²) in [5, 5.41) is 3.44. The van der Waals surface area contributed by atoms with Crippen molar-refractivity contribution >= 4 is 49.4 Å². The standard InChI is InChI=1S/C32H30F2N4O5S.CH4/c1-35-31(39)29-23-14-21(19-12-13-38(17-19)32(40)27-15-22-24(34)6-5-7-25(22)36(27)2)26(37(3)44(4,41)42)16-28(23)43-30(29)18-8-10-20(33)11-9-18;/h5-11,14-16,19H,12-13,17H2,1-4H3,(H,35,39);1H4. The predicted octanol–water partition coefficient (Wildman–Crippen LogP) is 5.89. The first-order valence-corrected chi connectivity index (χ1v) is 15.8. The lowest BCUT2D eigenvalue weighted by Crippen LogP contribution is -2.30. The van der Waals surface area contributed by atoms with Gasteiger partial charge in [-0.2, -0.15) is 0 Å². The van der Waals surface area contributed by atoms with Crippen LogP contribution < -0.4 is 9.62 Å². The van der Waals surface area contributed by atoms with Crippen molar-refractivity contribution in [3.05, 3.63) is 89.1 Å². The van der Waals surface area contributed by atoms with Gasteiger partial charge in [-0.1, -0.05) is 13.5 Å². The molecular weight excluding hydrogens is 602 g/mol. The maximum atomic E-state index is 14.4. The molecule has 1 unspecified atom stereocenters. The Morgan fingerprint density at radius 1 is 1.04 bits per heavy atom. The summed E-state index contributed by atoms with van der Waals surface area (Å²) in [5.74, 6) is -1.61. The van der Waals surface area contributed by atoms with Gasteiger partial charge in [-0.05, 0) is 60.5 Å². The van der Waals surface area contributed by atoms with E-state index in [-0.39, 0.29) is 42.7 Å². The van der Waals surface area contributed by atoms with Gasteiger partial charge in [0.15, 0.2) is 0 Å². The van der Waals surface area contributed by atoms with E-state index in [1.165, 1.54) is 44.4 Å². The summed E-state index contributed by atoms with van der Waals surface area (Å²) in [6.07, 6.45) is 1.62. The number of fused-ring (bicyclic) bond motifs is 2. The van der Waals surface area contributed by atoms with E-state index in [9.17, 15) is 26.8 Å². The molecule has 12 heteroatoms. The van der Waals surface area contributed by atoms with E-state index in [2.05, 4.69) is 5.32 Å². The molecule has 1 saturated heterocycles. The van der Waals surface area contributed by atoms with Crippen molar-refractivity contribution in [2.24, 2.45) is 7.05 Å². The summed E-state index contributed by atoms with van der Waals surface area (Å²) in [7, 11) is 0.936. The van der Waals surface area contributed by atoms with Crippen LogP contribution in [0.1, 0.15) is 46.2 Å². The average Bonchev–Trinajstić information content (AvgIpc) is 3.72. The van der Waals surface area contributed by atoms with Gasteiger partial charge < -0.3 is 19.2 Å². The quantitative estimate of drug-likeness (QED) is 0.250. The molecule has 0 spiro atoms. The van der Waals surface area contributed by atoms with Gasteiger partial charge in [0.1, 0.15) is 28.7 Å². The average molecular weight is 637 g/mol. The minimum Gasteiger partial charge on any atom is -0.455 e. The van der Waals surface area contributed by atoms with E-state index in [4.69, 9.17) is 4.42 Å². The van der Waals surface area contributed by atoms with Crippen LogP contribution in [-0.4, -0.2) is 63.1 Å². The number of anilines is 1. The number of halogens is 2. The first-order chi connectivity index (χ1) is 20.9. The Morgan fingerprint density at radius 2 is 1.76 bits per heavy atom. The van der Waals surface area contributed by atoms with Gasteiger partial charge in [0.25, 0.3) is 11.8 Å². The molecule has 6 rings (SSSR count). The molecular formula is C33H34F2N4O5S. The number of hydrogen-bond acceptors (Lipinski definition) is 5. The number of aromatic nitrogens is 1. The Kier molecular flexibility index (Phi) is 8.21. The topological polar surface area (TPSA) is 105 Å². The number of nitrogens with zero attached hydrogens (tertiary/aromatic N) is 3. The largest absolute Gasteiger partial charge is 0.455 e. The number of furan rings is 1. The summed E-state index contributed by atoms with van der Waals surface area (Å²) in [5.41, 5.74) is 2.91. The molecule has 0 aliphatic carbocycles. The van der Waals surface area contributed by atoms with Crippen LogP contribution in [-0.2, 0) is 17.1 Å². The number of nitrogens with one attached hydrogen (secondary N) is 1. The van der Waals surface area contributed by atoms with Crippen molar-refractivity contribution in [2.75, 3.05) is 37.7 Å². The summed E-state index contributed by atoms with van der Waals surface area (Å²) in [6, 6.07) is 15.1. The number of aryl methyl sites for hydroxylation is 1. The minimum absolute atomic E-state index is 0. The number of amides is 2. The van der Waals surface area contributed by atoms with E-state index in [1.807, 2.05) is 0 Å². The molecule has 0 radical (unpaired) electrons. The molecule has 9 nitrogen and oxygen atoms in total. The zero-order chi connectivity index (χ0) is 31.5. The molecule has 1 fully saturated rings. The summed E-state index contributed by atoms with van der Waals surface area (Å²) in [6.45, 7) is 0.666. The van der Waals surface area contributed by atoms with Gasteiger partial charge in [0.2, 0.25) is 10.0 Å². The molecule has 3 aromatic carbocycles. The molecule has 5 aromatic rings. The number of rotatable bonds is 6. The van der Waals surface area contributed by atoms with Gasteiger partial charge in [-0.15, -0.1) is 0 Å². The Balaban J connectivity index is 0.00000400. The zero-order valence-electron chi connectivity index (χ0n) is 24.5. The number of carbonyl (C=O) groups is 2. The number of likely N-dealkylation sites (tertiary alicyclic amines) is 1. The second-order valence-corrected chi connectivity index (χ2v) is 13.0. The first-order valence-electron chi connectivity index (χ1n) is 13.9. The van der Waals surface area contributed by atoms with Crippen LogP contribution in [0.5, 0.6) is 0 Å². The summed E-state index contributed by atoms with van der Waals surface area (Å²) in [4.78, 5) is 28.5. The Labute approximate surface area is 260 Å². The predicted molar refractivity (Wildman–Crippen MR) is 171 cm³/mol. The third-order valence-corrected chi connectivity index (χ3v) is 9.59. The highest BCUT2D eigenvalue weighted by atomic mass is 32.2. The van der Waals surface area contributed by atoms with Crippen molar-refractivity contribution in [1.29, 1.82) is 0 Å². The van der Waals surface area contributed by atoms with E-state index in [0.717, 1.165) is 10.6 Å². The maximum absolute atomic E-state index is 14.4. The number of carbonyl (C=O) groups excluding carboxylic acids is 2. The van der Waals surface area contributed by atoms with E-state index in [1.54, 1.807) is 46.8 Å². The van der Waals surface area contributed by atoms with Crippen LogP contribution in [0.2, 0.25) is 0 Å². The SMILES string of the molecule is C.CNC(=O)c1c(-c2ccc(F)cc2)oc2cc(N(C)S(C)(=O)=O)c(C3CCN(C(=O)c4cc5c(F)cccc5n4C)C3)cc12. The fraction of sp³-hybridized carbons (Fsp3) is 0.273. The second kappa shape index (κ2) is 11.7. The molecule has 0 bridgehead atoms. The van der Waals surface area contributed by atoms with Crippen molar-refractivity contribution in [3.63, 3.8) is 0 Å². The Bertz CT molecular complexity index is 2070. The molecule has 0 saturated carbocycles. The molecule has 1 aliphatic rings. The lowest BCUT2D eigenvalue weighted by Gasteiger charge is -2.24. The summed E-state index contributed by atoms with van der Waals surface area (Å²) < 4.78 is 62.5. The van der Waals surface area contributed by atoms with Gasteiger partial charge in [-0.25, -0.2) is 17.2 Å². The number of hydrogen-bond donors (Lipinski definition) is 1. The van der Waals surface area contributed by atoms with Crippen molar-refractivity contribution in [2.45, 2.75) is 19.8 Å². The van der Waals surface area contributed by atoms with Crippen LogP contribution in [0.3, 0.4) is 0 Å². The van der Waals surface area contributed by atoms with Crippen molar-refractivity contribution in [1.82, 2.24) is 14.8 Å². The van der Waals surface area contributed by atoms with Gasteiger partial charge in [0.05, 0.1) is 23.0 Å². The van der Waals surface area contributed by atoms with Crippen molar-refractivity contribution in [3.8, 4) is 11.3 Å². The molecule has 1 aliphatic heterocycles. The molecule has 2 amide bonds. The van der Waals surface area contributed by atoms with Crippen LogP contribution in [0.15, 0.2) is 65.1 Å². The minimum atomic E-state index is -3.70. The van der Waals surface area contributed by atoms with Crippen LogP contribution in [0.25, 0.3) is 33.2 Å². The second-order valence-electron chi connectivity index (χ2n) is 11.0. The third-order valence-electron chi connectivity index (χ3n) is 8.40. The molecule has 2 aromatic heterocycles. The molecule has 236 valence electrons. The third kappa shape index (κ3) is 5.43. The van der Waals surface area contributed by atoms with Crippen LogP contribution in [0, 0.1) is 11.6 Å². The number of benzene rings is 3. The van der Waals surface area contributed by atoms with Crippen molar-refractivity contribution < 1.29 is 31.2 Å². The molecule has 3 heterocycles. The molecule has 1 N–H and O–H groups in total. The van der Waals surface area contributed by atoms with E-state index >= 15 is 0 Å². The smallest absolute Gasteiger partial charge is 0.270 e. The van der Waals surface area contributed by atoms with Crippen LogP contribution in [0.4, 0.5) is 14.5 Å². The first kappa shape index (κ1) is 31.7. The molecule has 1 atom stereocenters. The van der Waals surface area contributed by atoms with Gasteiger partial charge >= 0.3 is 0 Å². The summed E-state index contributed by atoms with van der Waals surface area (Å²) >= 11 is 0. The van der Waals surface area contributed by atoms with Crippen LogP contribution >= 0.6 is 0 Å². The monoisotopic (exact) mass is 636 g/mol. The zero-order valence-corrected chi connectivity index (χ0v) is 25.3. The fourth-order valence-corrected chi connectivity index (χ4v) is 6.49. The highest BCUT2D eigenvalue weighted by molar-refractivity contribution is 7.92. The number of sulfonamides is 1. The normalized spacial score (nSPS) is 15.0. The molecule has 45 heavy (non-hydrogen) atoms. The van der Waals surface area contributed by atoms with E-state index < -0.39 is 27.6 Å².